The predicted molar refractivity (Wildman–Crippen MR) is 128 cm³/mol. The van der Waals surface area contributed by atoms with Crippen molar-refractivity contribution in [1.29, 1.82) is 0 Å². The molecule has 7 nitrogen and oxygen atoms in total. The van der Waals surface area contributed by atoms with Crippen LogP contribution in [-0.2, 0) is 6.18 Å². The van der Waals surface area contributed by atoms with Gasteiger partial charge in [0.1, 0.15) is 0 Å². The van der Waals surface area contributed by atoms with E-state index in [2.05, 4.69) is 10.4 Å². The van der Waals surface area contributed by atoms with Crippen molar-refractivity contribution in [3.63, 3.8) is 0 Å². The molecule has 0 aromatic heterocycles. The Balaban J connectivity index is 1.88. The number of anilines is 1. The standard InChI is InChI=1S/C22H22ClF3N4O3S/c1-21(10-3-11-34-2)13-29(20(31)27-15-5-7-16(8-6-15)30(32)33)28-19(21)14-4-9-17(18(23)12-14)22(24,25)26/h4-9,12H,3,10-11,13H2,1-2H3,(H,27,31). The van der Waals surface area contributed by atoms with Gasteiger partial charge in [-0.2, -0.15) is 30.0 Å². The van der Waals surface area contributed by atoms with Crippen LogP contribution in [0.3, 0.4) is 0 Å². The van der Waals surface area contributed by atoms with Gasteiger partial charge in [-0.05, 0) is 54.7 Å². The van der Waals surface area contributed by atoms with E-state index in [0.29, 0.717) is 23.4 Å². The first-order valence-corrected chi connectivity index (χ1v) is 12.0. The Morgan fingerprint density at radius 1 is 1.29 bits per heavy atom. The van der Waals surface area contributed by atoms with Crippen LogP contribution in [0.15, 0.2) is 47.6 Å². The van der Waals surface area contributed by atoms with E-state index in [-0.39, 0.29) is 12.2 Å². The Bertz CT molecular complexity index is 1110. The predicted octanol–water partition coefficient (Wildman–Crippen LogP) is 6.67. The highest BCUT2D eigenvalue weighted by atomic mass is 35.5. The lowest BCUT2D eigenvalue weighted by Crippen LogP contribution is -2.35. The minimum Gasteiger partial charge on any atom is -0.306 e. The molecule has 0 saturated carbocycles. The number of rotatable bonds is 7. The molecule has 2 amide bonds. The number of nitro groups is 1. The first-order valence-electron chi connectivity index (χ1n) is 10.2. The number of nitrogens with one attached hydrogen (secondary N) is 1. The first kappa shape index (κ1) is 25.8. The van der Waals surface area contributed by atoms with E-state index >= 15 is 0 Å². The van der Waals surface area contributed by atoms with E-state index in [9.17, 15) is 28.1 Å². The fourth-order valence-corrected chi connectivity index (χ4v) is 4.48. The summed E-state index contributed by atoms with van der Waals surface area (Å²) in [6.45, 7) is 2.13. The summed E-state index contributed by atoms with van der Waals surface area (Å²) in [7, 11) is 0. The molecule has 1 aliphatic rings. The van der Waals surface area contributed by atoms with Crippen molar-refractivity contribution in [1.82, 2.24) is 5.01 Å². The van der Waals surface area contributed by atoms with Gasteiger partial charge >= 0.3 is 12.2 Å². The van der Waals surface area contributed by atoms with Crippen LogP contribution in [0, 0.1) is 15.5 Å². The van der Waals surface area contributed by atoms with E-state index in [1.165, 1.54) is 41.4 Å². The molecule has 34 heavy (non-hydrogen) atoms. The van der Waals surface area contributed by atoms with Crippen LogP contribution < -0.4 is 5.32 Å². The summed E-state index contributed by atoms with van der Waals surface area (Å²) in [5.74, 6) is 0.881. The van der Waals surface area contributed by atoms with Crippen LogP contribution in [0.5, 0.6) is 0 Å². The third kappa shape index (κ3) is 5.82. The van der Waals surface area contributed by atoms with Gasteiger partial charge in [0.25, 0.3) is 5.69 Å². The SMILES string of the molecule is CSCCCC1(C)CN(C(=O)Nc2ccc([N+](=O)[O-])cc2)N=C1c1ccc(C(F)(F)F)c(Cl)c1. The number of alkyl halides is 3. The molecule has 1 unspecified atom stereocenters. The van der Waals surface area contributed by atoms with Gasteiger partial charge in [0, 0.05) is 23.2 Å². The van der Waals surface area contributed by atoms with Gasteiger partial charge in [-0.1, -0.05) is 24.6 Å². The molecule has 2 aromatic carbocycles. The Morgan fingerprint density at radius 2 is 1.97 bits per heavy atom. The summed E-state index contributed by atoms with van der Waals surface area (Å²) in [6, 6.07) is 8.26. The molecule has 2 aromatic rings. The number of halogens is 4. The van der Waals surface area contributed by atoms with Crippen LogP contribution in [-0.4, -0.2) is 40.2 Å². The van der Waals surface area contributed by atoms with Crippen LogP contribution >= 0.6 is 23.4 Å². The maximum atomic E-state index is 13.1. The highest BCUT2D eigenvalue weighted by molar-refractivity contribution is 7.98. The molecule has 3 rings (SSSR count). The second-order valence-electron chi connectivity index (χ2n) is 8.09. The molecule has 1 atom stereocenters. The van der Waals surface area contributed by atoms with Gasteiger partial charge in [0.2, 0.25) is 0 Å². The average Bonchev–Trinajstić information content (AvgIpc) is 3.11. The van der Waals surface area contributed by atoms with Gasteiger partial charge < -0.3 is 5.32 Å². The third-order valence-electron chi connectivity index (χ3n) is 5.48. The summed E-state index contributed by atoms with van der Waals surface area (Å²) >= 11 is 7.61. The molecule has 0 saturated heterocycles. The van der Waals surface area contributed by atoms with Crippen molar-refractivity contribution in [2.45, 2.75) is 25.9 Å². The minimum atomic E-state index is -4.58. The molecular weight excluding hydrogens is 493 g/mol. The second kappa shape index (κ2) is 10.2. The smallest absolute Gasteiger partial charge is 0.306 e. The number of nitrogens with zero attached hydrogens (tertiary/aromatic N) is 3. The lowest BCUT2D eigenvalue weighted by molar-refractivity contribution is -0.384. The van der Waals surface area contributed by atoms with E-state index < -0.39 is 33.1 Å². The maximum absolute atomic E-state index is 13.1. The van der Waals surface area contributed by atoms with Gasteiger partial charge in [0.15, 0.2) is 0 Å². The summed E-state index contributed by atoms with van der Waals surface area (Å²) in [5.41, 5.74) is -0.418. The lowest BCUT2D eigenvalue weighted by Gasteiger charge is -2.26. The molecule has 182 valence electrons. The van der Waals surface area contributed by atoms with E-state index in [1.807, 2.05) is 13.2 Å². The fraction of sp³-hybridized carbons (Fsp3) is 0.364. The highest BCUT2D eigenvalue weighted by Gasteiger charge is 2.42. The van der Waals surface area contributed by atoms with Crippen molar-refractivity contribution < 1.29 is 22.9 Å². The average molecular weight is 515 g/mol. The van der Waals surface area contributed by atoms with Crippen LogP contribution in [0.1, 0.15) is 30.9 Å². The van der Waals surface area contributed by atoms with Crippen LogP contribution in [0.2, 0.25) is 5.02 Å². The van der Waals surface area contributed by atoms with Crippen molar-refractivity contribution in [2.24, 2.45) is 10.5 Å². The molecule has 12 heteroatoms. The van der Waals surface area contributed by atoms with Crippen molar-refractivity contribution in [2.75, 3.05) is 23.9 Å². The summed E-state index contributed by atoms with van der Waals surface area (Å²) in [5, 5.41) is 18.7. The molecule has 0 spiro atoms. The lowest BCUT2D eigenvalue weighted by atomic mass is 9.78. The van der Waals surface area contributed by atoms with E-state index in [0.717, 1.165) is 18.2 Å². The van der Waals surface area contributed by atoms with Crippen molar-refractivity contribution in [3.8, 4) is 0 Å². The van der Waals surface area contributed by atoms with Crippen molar-refractivity contribution >= 4 is 46.5 Å². The number of hydrazone groups is 1. The number of nitro benzene ring substituents is 1. The molecule has 1 aliphatic heterocycles. The molecule has 0 fully saturated rings. The number of benzene rings is 2. The van der Waals surface area contributed by atoms with Gasteiger partial charge in [-0.15, -0.1) is 0 Å². The molecule has 1 heterocycles. The fourth-order valence-electron chi connectivity index (χ4n) is 3.76. The zero-order valence-corrected chi connectivity index (χ0v) is 19.9. The van der Waals surface area contributed by atoms with Gasteiger partial charge in [0.05, 0.1) is 27.8 Å². The maximum Gasteiger partial charge on any atom is 0.417 e. The Hall–Kier alpha value is -2.79. The molecule has 0 aliphatic carbocycles. The molecule has 1 N–H and O–H groups in total. The van der Waals surface area contributed by atoms with Crippen LogP contribution in [0.4, 0.5) is 29.3 Å². The third-order valence-corrected chi connectivity index (χ3v) is 6.49. The number of hydrogen-bond acceptors (Lipinski definition) is 5. The number of amides is 2. The summed E-state index contributed by atoms with van der Waals surface area (Å²) in [4.78, 5) is 23.1. The minimum absolute atomic E-state index is 0.111. The Kier molecular flexibility index (Phi) is 7.77. The largest absolute Gasteiger partial charge is 0.417 e. The number of carbonyl (C=O) groups excluding carboxylic acids is 1. The number of non-ortho nitro benzene ring substituents is 1. The first-order chi connectivity index (χ1) is 15.9. The second-order valence-corrected chi connectivity index (χ2v) is 9.48. The van der Waals surface area contributed by atoms with E-state index in [4.69, 9.17) is 11.6 Å². The normalized spacial score (nSPS) is 18.1. The molecule has 0 radical (unpaired) electrons. The monoisotopic (exact) mass is 514 g/mol. The number of thioether (sulfide) groups is 1. The van der Waals surface area contributed by atoms with Gasteiger partial charge in [-0.25, -0.2) is 9.80 Å². The summed E-state index contributed by atoms with van der Waals surface area (Å²) in [6.07, 6.45) is -1.12. The number of urea groups is 1. The quantitative estimate of drug-likeness (QED) is 0.254. The Morgan fingerprint density at radius 3 is 2.53 bits per heavy atom. The number of carbonyl (C=O) groups is 1. The van der Waals surface area contributed by atoms with Crippen molar-refractivity contribution in [3.05, 3.63) is 68.7 Å². The summed E-state index contributed by atoms with van der Waals surface area (Å²) < 4.78 is 39.4. The van der Waals surface area contributed by atoms with Gasteiger partial charge in [-0.3, -0.25) is 10.1 Å². The Labute approximate surface area is 203 Å². The molecule has 0 bridgehead atoms. The van der Waals surface area contributed by atoms with E-state index in [1.54, 1.807) is 11.8 Å². The highest BCUT2D eigenvalue weighted by Crippen LogP contribution is 2.39. The zero-order chi connectivity index (χ0) is 25.1. The topological polar surface area (TPSA) is 87.8 Å². The number of hydrogen-bond donors (Lipinski definition) is 1. The zero-order valence-electron chi connectivity index (χ0n) is 18.4. The van der Waals surface area contributed by atoms with Crippen LogP contribution in [0.25, 0.3) is 0 Å². The molecular formula is C22H22ClF3N4O3S.